The van der Waals surface area contributed by atoms with Crippen molar-refractivity contribution in [3.8, 4) is 0 Å². The van der Waals surface area contributed by atoms with Crippen LogP contribution >= 0.6 is 0 Å². The number of rotatable bonds is 6. The van der Waals surface area contributed by atoms with Gasteiger partial charge in [0.2, 0.25) is 0 Å². The molecule has 1 aromatic carbocycles. The van der Waals surface area contributed by atoms with Crippen LogP contribution in [0.5, 0.6) is 0 Å². The molecule has 1 amide bonds. The topological polar surface area (TPSA) is 71.3 Å². The molecule has 118 valence electrons. The molecule has 0 atom stereocenters. The zero-order valence-electron chi connectivity index (χ0n) is 13.2. The molecular formula is C17H22N2O3. The minimum Gasteiger partial charge on any atom is -0.481 e. The van der Waals surface area contributed by atoms with Crippen molar-refractivity contribution in [3.63, 3.8) is 0 Å². The van der Waals surface area contributed by atoms with Gasteiger partial charge in [-0.3, -0.25) is 9.59 Å². The first kappa shape index (κ1) is 16.1. The van der Waals surface area contributed by atoms with Crippen molar-refractivity contribution in [2.24, 2.45) is 5.41 Å². The van der Waals surface area contributed by atoms with Crippen LogP contribution in [0.15, 0.2) is 30.3 Å². The maximum Gasteiger partial charge on any atom is 0.310 e. The van der Waals surface area contributed by atoms with E-state index < -0.39 is 11.4 Å². The lowest BCUT2D eigenvalue weighted by atomic mass is 9.94. The van der Waals surface area contributed by atoms with Crippen molar-refractivity contribution in [2.75, 3.05) is 6.54 Å². The van der Waals surface area contributed by atoms with Gasteiger partial charge in [-0.2, -0.15) is 0 Å². The molecule has 0 aliphatic rings. The largest absolute Gasteiger partial charge is 0.481 e. The zero-order chi connectivity index (χ0) is 16.3. The summed E-state index contributed by atoms with van der Waals surface area (Å²) in [6, 6.07) is 9.70. The molecule has 2 rings (SSSR count). The Labute approximate surface area is 129 Å². The molecule has 0 aliphatic carbocycles. The second kappa shape index (κ2) is 6.22. The number of aliphatic carboxylic acids is 1. The molecule has 5 heteroatoms. The van der Waals surface area contributed by atoms with E-state index in [9.17, 15) is 9.59 Å². The molecule has 0 spiro atoms. The number of nitrogens with one attached hydrogen (secondary N) is 1. The van der Waals surface area contributed by atoms with Crippen LogP contribution in [0.25, 0.3) is 10.9 Å². The molecule has 1 heterocycles. The standard InChI is InChI=1S/C17H22N2O3/c1-4-9-19-13-8-6-5-7-12(13)10-14(19)15(20)18-11-17(2,3)16(21)22/h5-8,10H,4,9,11H2,1-3H3,(H,18,20)(H,21,22). The van der Waals surface area contributed by atoms with Gasteiger partial charge in [0, 0.05) is 24.0 Å². The minimum atomic E-state index is -0.989. The van der Waals surface area contributed by atoms with E-state index in [2.05, 4.69) is 12.2 Å². The number of amides is 1. The summed E-state index contributed by atoms with van der Waals surface area (Å²) in [5.74, 6) is -1.17. The smallest absolute Gasteiger partial charge is 0.310 e. The maximum atomic E-state index is 12.5. The summed E-state index contributed by atoms with van der Waals surface area (Å²) in [6.07, 6.45) is 0.916. The Kier molecular flexibility index (Phi) is 4.54. The van der Waals surface area contributed by atoms with Gasteiger partial charge in [-0.25, -0.2) is 0 Å². The molecule has 0 saturated carbocycles. The van der Waals surface area contributed by atoms with Crippen LogP contribution in [-0.2, 0) is 11.3 Å². The number of fused-ring (bicyclic) bond motifs is 1. The number of para-hydroxylation sites is 1. The zero-order valence-corrected chi connectivity index (χ0v) is 13.2. The summed E-state index contributed by atoms with van der Waals surface area (Å²) in [4.78, 5) is 23.6. The maximum absolute atomic E-state index is 12.5. The number of hydrogen-bond donors (Lipinski definition) is 2. The lowest BCUT2D eigenvalue weighted by molar-refractivity contribution is -0.146. The molecule has 0 radical (unpaired) electrons. The van der Waals surface area contributed by atoms with Crippen LogP contribution in [0.2, 0.25) is 0 Å². The van der Waals surface area contributed by atoms with Crippen molar-refractivity contribution in [2.45, 2.75) is 33.7 Å². The van der Waals surface area contributed by atoms with E-state index in [4.69, 9.17) is 5.11 Å². The number of carboxylic acid groups (broad SMARTS) is 1. The molecule has 0 aliphatic heterocycles. The van der Waals surface area contributed by atoms with Crippen LogP contribution < -0.4 is 5.32 Å². The first-order valence-corrected chi connectivity index (χ1v) is 7.46. The summed E-state index contributed by atoms with van der Waals surface area (Å²) in [6.45, 7) is 6.09. The number of aryl methyl sites for hydroxylation is 1. The number of carbonyl (C=O) groups is 2. The Bertz CT molecular complexity index is 701. The third-order valence-corrected chi connectivity index (χ3v) is 3.76. The Hall–Kier alpha value is -2.30. The lowest BCUT2D eigenvalue weighted by Gasteiger charge is -2.19. The molecule has 22 heavy (non-hydrogen) atoms. The molecule has 0 fully saturated rings. The predicted molar refractivity (Wildman–Crippen MR) is 86.0 cm³/mol. The van der Waals surface area contributed by atoms with E-state index in [0.29, 0.717) is 5.69 Å². The summed E-state index contributed by atoms with van der Waals surface area (Å²) < 4.78 is 1.98. The first-order chi connectivity index (χ1) is 10.4. The number of carboxylic acids is 1. The number of carbonyl (C=O) groups excluding carboxylic acids is 1. The molecule has 1 aromatic heterocycles. The van der Waals surface area contributed by atoms with Gasteiger partial charge in [-0.15, -0.1) is 0 Å². The van der Waals surface area contributed by atoms with E-state index in [1.165, 1.54) is 0 Å². The fraction of sp³-hybridized carbons (Fsp3) is 0.412. The van der Waals surface area contributed by atoms with Crippen molar-refractivity contribution < 1.29 is 14.7 Å². The summed E-state index contributed by atoms with van der Waals surface area (Å²) in [5.41, 5.74) is 0.605. The van der Waals surface area contributed by atoms with Gasteiger partial charge in [0.15, 0.2) is 0 Å². The summed E-state index contributed by atoms with van der Waals surface area (Å²) in [7, 11) is 0. The molecule has 5 nitrogen and oxygen atoms in total. The average molecular weight is 302 g/mol. The van der Waals surface area contributed by atoms with Crippen molar-refractivity contribution in [1.29, 1.82) is 0 Å². The highest BCUT2D eigenvalue weighted by atomic mass is 16.4. The van der Waals surface area contributed by atoms with Crippen molar-refractivity contribution >= 4 is 22.8 Å². The molecule has 0 bridgehead atoms. The van der Waals surface area contributed by atoms with Crippen LogP contribution in [-0.4, -0.2) is 28.1 Å². The van der Waals surface area contributed by atoms with E-state index in [1.54, 1.807) is 13.8 Å². The quantitative estimate of drug-likeness (QED) is 0.862. The van der Waals surface area contributed by atoms with Crippen LogP contribution in [0.3, 0.4) is 0 Å². The molecule has 2 aromatic rings. The lowest BCUT2D eigenvalue weighted by Crippen LogP contribution is -2.39. The van der Waals surface area contributed by atoms with Crippen molar-refractivity contribution in [3.05, 3.63) is 36.0 Å². The normalized spacial score (nSPS) is 11.6. The Morgan fingerprint density at radius 3 is 2.59 bits per heavy atom. The summed E-state index contributed by atoms with van der Waals surface area (Å²) in [5, 5.41) is 12.9. The Morgan fingerprint density at radius 2 is 1.95 bits per heavy atom. The number of benzene rings is 1. The van der Waals surface area contributed by atoms with E-state index >= 15 is 0 Å². The number of aromatic nitrogens is 1. The Balaban J connectivity index is 2.28. The summed E-state index contributed by atoms with van der Waals surface area (Å²) >= 11 is 0. The second-order valence-corrected chi connectivity index (χ2v) is 6.11. The van der Waals surface area contributed by atoms with E-state index in [-0.39, 0.29) is 12.5 Å². The Morgan fingerprint density at radius 1 is 1.27 bits per heavy atom. The molecule has 0 unspecified atom stereocenters. The first-order valence-electron chi connectivity index (χ1n) is 7.46. The molecule has 0 saturated heterocycles. The van der Waals surface area contributed by atoms with Gasteiger partial charge in [-0.1, -0.05) is 25.1 Å². The van der Waals surface area contributed by atoms with Crippen LogP contribution in [0.1, 0.15) is 37.7 Å². The van der Waals surface area contributed by atoms with Gasteiger partial charge < -0.3 is 15.0 Å². The second-order valence-electron chi connectivity index (χ2n) is 6.11. The third kappa shape index (κ3) is 3.13. The van der Waals surface area contributed by atoms with Crippen molar-refractivity contribution in [1.82, 2.24) is 9.88 Å². The van der Waals surface area contributed by atoms with Gasteiger partial charge in [0.1, 0.15) is 5.69 Å². The van der Waals surface area contributed by atoms with Gasteiger partial charge in [0.25, 0.3) is 5.91 Å². The highest BCUT2D eigenvalue weighted by Gasteiger charge is 2.28. The van der Waals surface area contributed by atoms with Crippen LogP contribution in [0, 0.1) is 5.41 Å². The van der Waals surface area contributed by atoms with E-state index in [1.807, 2.05) is 34.9 Å². The SMILES string of the molecule is CCCn1c(C(=O)NCC(C)(C)C(=O)O)cc2ccccc21. The highest BCUT2D eigenvalue weighted by Crippen LogP contribution is 2.21. The van der Waals surface area contributed by atoms with Gasteiger partial charge in [-0.05, 0) is 32.4 Å². The number of hydrogen-bond acceptors (Lipinski definition) is 2. The fourth-order valence-electron chi connectivity index (χ4n) is 2.33. The molecular weight excluding hydrogens is 280 g/mol. The monoisotopic (exact) mass is 302 g/mol. The van der Waals surface area contributed by atoms with Gasteiger partial charge in [0.05, 0.1) is 5.41 Å². The highest BCUT2D eigenvalue weighted by molar-refractivity contribution is 5.99. The fourth-order valence-corrected chi connectivity index (χ4v) is 2.33. The predicted octanol–water partition coefficient (Wildman–Crippen LogP) is 2.89. The minimum absolute atomic E-state index is 0.0921. The molecule has 2 N–H and O–H groups in total. The van der Waals surface area contributed by atoms with E-state index in [0.717, 1.165) is 23.9 Å². The van der Waals surface area contributed by atoms with Crippen LogP contribution in [0.4, 0.5) is 0 Å². The third-order valence-electron chi connectivity index (χ3n) is 3.76. The van der Waals surface area contributed by atoms with Gasteiger partial charge >= 0.3 is 5.97 Å². The average Bonchev–Trinajstić information content (AvgIpc) is 2.84. The number of nitrogens with zero attached hydrogens (tertiary/aromatic N) is 1.